The topological polar surface area (TPSA) is 107 Å². The van der Waals surface area contributed by atoms with Crippen LogP contribution in [0, 0.1) is 13.8 Å². The first-order valence-corrected chi connectivity index (χ1v) is 9.81. The smallest absolute Gasteiger partial charge is 0.258 e. The monoisotopic (exact) mass is 423 g/mol. The number of nitrogens with one attached hydrogen (secondary N) is 2. The van der Waals surface area contributed by atoms with Gasteiger partial charge >= 0.3 is 0 Å². The van der Waals surface area contributed by atoms with Gasteiger partial charge < -0.3 is 9.30 Å². The first kappa shape index (κ1) is 21.8. The maximum absolute atomic E-state index is 12.2. The summed E-state index contributed by atoms with van der Waals surface area (Å²) in [5.41, 5.74) is 8.05. The zero-order valence-corrected chi connectivity index (χ0v) is 17.7. The molecule has 2 N–H and O–H groups in total. The number of carbonyl (C=O) groups excluding carboxylic acids is 2. The number of aromatic nitrogens is 3. The molecule has 0 atom stereocenters. The van der Waals surface area contributed by atoms with Crippen LogP contribution in [0.1, 0.15) is 23.4 Å². The Morgan fingerprint density at radius 2 is 1.84 bits per heavy atom. The van der Waals surface area contributed by atoms with Gasteiger partial charge in [0, 0.05) is 30.4 Å². The molecule has 162 valence electrons. The fourth-order valence-electron chi connectivity index (χ4n) is 3.26. The molecule has 0 fully saturated rings. The number of hydrogen-bond donors (Lipinski definition) is 2. The maximum Gasteiger partial charge on any atom is 0.258 e. The maximum atomic E-state index is 12.2. The molecule has 3 rings (SSSR count). The molecule has 0 aliphatic heterocycles. The van der Waals surface area contributed by atoms with E-state index in [0.717, 1.165) is 28.4 Å². The Balaban J connectivity index is 1.56. The summed E-state index contributed by atoms with van der Waals surface area (Å²) in [6.45, 7) is 3.67. The third kappa shape index (κ3) is 5.39. The number of benzene rings is 1. The Hall–Kier alpha value is -3.88. The molecular weight excluding hydrogens is 398 g/mol. The van der Waals surface area contributed by atoms with Gasteiger partial charge in [-0.2, -0.15) is 5.10 Å². The molecule has 9 nitrogen and oxygen atoms in total. The van der Waals surface area contributed by atoms with Crippen LogP contribution in [0.2, 0.25) is 0 Å². The summed E-state index contributed by atoms with van der Waals surface area (Å²) < 4.78 is 8.35. The van der Waals surface area contributed by atoms with E-state index in [0.29, 0.717) is 6.42 Å². The SMILES string of the molecule is COc1cccc(-n2nc(C)c(CCC(=O)NNC(=O)Cn3ccccc3=O)c2C)c1. The molecule has 0 saturated heterocycles. The van der Waals surface area contributed by atoms with Gasteiger partial charge in [0.15, 0.2) is 0 Å². The van der Waals surface area contributed by atoms with E-state index in [4.69, 9.17) is 4.74 Å². The molecule has 2 aromatic heterocycles. The molecule has 0 bridgehead atoms. The molecular formula is C22H25N5O4. The average molecular weight is 423 g/mol. The predicted molar refractivity (Wildman–Crippen MR) is 115 cm³/mol. The van der Waals surface area contributed by atoms with Gasteiger partial charge in [-0.25, -0.2) is 4.68 Å². The van der Waals surface area contributed by atoms with Crippen LogP contribution in [-0.2, 0) is 22.6 Å². The van der Waals surface area contributed by atoms with Crippen LogP contribution in [-0.4, -0.2) is 33.3 Å². The van der Waals surface area contributed by atoms with Crippen molar-refractivity contribution in [3.8, 4) is 11.4 Å². The van der Waals surface area contributed by atoms with Crippen molar-refractivity contribution in [3.63, 3.8) is 0 Å². The average Bonchev–Trinajstić information content (AvgIpc) is 3.05. The van der Waals surface area contributed by atoms with Gasteiger partial charge in [0.05, 0.1) is 18.5 Å². The van der Waals surface area contributed by atoms with Gasteiger partial charge in [0.25, 0.3) is 11.5 Å². The minimum atomic E-state index is -0.486. The number of hydrogen-bond acceptors (Lipinski definition) is 5. The van der Waals surface area contributed by atoms with Crippen molar-refractivity contribution >= 4 is 11.8 Å². The highest BCUT2D eigenvalue weighted by atomic mass is 16.5. The zero-order chi connectivity index (χ0) is 22.4. The number of carbonyl (C=O) groups is 2. The summed E-state index contributed by atoms with van der Waals surface area (Å²) in [7, 11) is 1.61. The summed E-state index contributed by atoms with van der Waals surface area (Å²) in [4.78, 5) is 35.8. The second-order valence-corrected chi connectivity index (χ2v) is 7.03. The third-order valence-electron chi connectivity index (χ3n) is 4.90. The van der Waals surface area contributed by atoms with Crippen molar-refractivity contribution in [2.24, 2.45) is 0 Å². The lowest BCUT2D eigenvalue weighted by atomic mass is 10.1. The third-order valence-corrected chi connectivity index (χ3v) is 4.90. The zero-order valence-electron chi connectivity index (χ0n) is 17.7. The van der Waals surface area contributed by atoms with Crippen molar-refractivity contribution in [3.05, 3.63) is 76.0 Å². The van der Waals surface area contributed by atoms with E-state index in [-0.39, 0.29) is 24.4 Å². The van der Waals surface area contributed by atoms with Crippen LogP contribution in [0.3, 0.4) is 0 Å². The molecule has 31 heavy (non-hydrogen) atoms. The van der Waals surface area contributed by atoms with Gasteiger partial charge in [-0.3, -0.25) is 25.2 Å². The number of methoxy groups -OCH3 is 1. The number of hydrazine groups is 1. The van der Waals surface area contributed by atoms with E-state index in [1.165, 1.54) is 16.8 Å². The fraction of sp³-hybridized carbons (Fsp3) is 0.273. The van der Waals surface area contributed by atoms with E-state index in [2.05, 4.69) is 16.0 Å². The van der Waals surface area contributed by atoms with Gasteiger partial charge in [-0.15, -0.1) is 0 Å². The first-order valence-electron chi connectivity index (χ1n) is 9.81. The second-order valence-electron chi connectivity index (χ2n) is 7.03. The quantitative estimate of drug-likeness (QED) is 0.559. The van der Waals surface area contributed by atoms with Crippen LogP contribution in [0.25, 0.3) is 5.69 Å². The Labute approximate surface area is 179 Å². The molecule has 2 amide bonds. The van der Waals surface area contributed by atoms with E-state index in [1.54, 1.807) is 19.2 Å². The van der Waals surface area contributed by atoms with Crippen LogP contribution in [0.5, 0.6) is 5.75 Å². The Morgan fingerprint density at radius 3 is 2.58 bits per heavy atom. The van der Waals surface area contributed by atoms with Gasteiger partial charge in [-0.1, -0.05) is 12.1 Å². The lowest BCUT2D eigenvalue weighted by Crippen LogP contribution is -2.44. The number of aryl methyl sites for hydroxylation is 1. The summed E-state index contributed by atoms with van der Waals surface area (Å²) in [5.74, 6) is -0.0824. The van der Waals surface area contributed by atoms with Crippen molar-refractivity contribution in [2.45, 2.75) is 33.2 Å². The summed E-state index contributed by atoms with van der Waals surface area (Å²) in [5, 5.41) is 4.59. The molecule has 9 heteroatoms. The minimum absolute atomic E-state index is 0.175. The first-order chi connectivity index (χ1) is 14.9. The van der Waals surface area contributed by atoms with Crippen LogP contribution < -0.4 is 21.1 Å². The molecule has 0 spiro atoms. The van der Waals surface area contributed by atoms with Gasteiger partial charge in [0.1, 0.15) is 12.3 Å². The molecule has 3 aromatic rings. The second kappa shape index (κ2) is 9.75. The standard InChI is InChI=1S/C22H25N5O4/c1-15-19(16(2)27(25-15)17-7-6-8-18(13-17)31-3)10-11-20(28)23-24-21(29)14-26-12-5-4-9-22(26)30/h4-9,12-13H,10-11,14H2,1-3H3,(H,23,28)(H,24,29). The Kier molecular flexibility index (Phi) is 6.86. The fourth-order valence-corrected chi connectivity index (χ4v) is 3.26. The lowest BCUT2D eigenvalue weighted by Gasteiger charge is -2.09. The van der Waals surface area contributed by atoms with Crippen molar-refractivity contribution in [1.29, 1.82) is 0 Å². The van der Waals surface area contributed by atoms with Crippen molar-refractivity contribution < 1.29 is 14.3 Å². The van der Waals surface area contributed by atoms with E-state index in [1.807, 2.05) is 42.8 Å². The highest BCUT2D eigenvalue weighted by Crippen LogP contribution is 2.22. The lowest BCUT2D eigenvalue weighted by molar-refractivity contribution is -0.129. The molecule has 0 radical (unpaired) electrons. The van der Waals surface area contributed by atoms with E-state index < -0.39 is 5.91 Å². The largest absolute Gasteiger partial charge is 0.497 e. The van der Waals surface area contributed by atoms with Crippen LogP contribution >= 0.6 is 0 Å². The number of ether oxygens (including phenoxy) is 1. The Bertz CT molecular complexity index is 1150. The minimum Gasteiger partial charge on any atom is -0.497 e. The highest BCUT2D eigenvalue weighted by Gasteiger charge is 2.15. The molecule has 0 saturated carbocycles. The molecule has 0 aliphatic rings. The van der Waals surface area contributed by atoms with Crippen LogP contribution in [0.4, 0.5) is 0 Å². The summed E-state index contributed by atoms with van der Waals surface area (Å²) >= 11 is 0. The number of nitrogens with zero attached hydrogens (tertiary/aromatic N) is 3. The molecule has 0 aliphatic carbocycles. The summed E-state index contributed by atoms with van der Waals surface area (Å²) in [6.07, 6.45) is 2.16. The van der Waals surface area contributed by atoms with Gasteiger partial charge in [-0.05, 0) is 44.0 Å². The number of rotatable bonds is 7. The molecule has 0 unspecified atom stereocenters. The van der Waals surface area contributed by atoms with Gasteiger partial charge in [0.2, 0.25) is 5.91 Å². The normalized spacial score (nSPS) is 10.5. The van der Waals surface area contributed by atoms with E-state index in [9.17, 15) is 14.4 Å². The highest BCUT2D eigenvalue weighted by molar-refractivity contribution is 5.82. The molecule has 1 aromatic carbocycles. The van der Waals surface area contributed by atoms with Crippen LogP contribution in [0.15, 0.2) is 53.5 Å². The number of amides is 2. The van der Waals surface area contributed by atoms with Crippen molar-refractivity contribution in [2.75, 3.05) is 7.11 Å². The van der Waals surface area contributed by atoms with E-state index >= 15 is 0 Å². The van der Waals surface area contributed by atoms with Crippen molar-refractivity contribution in [1.82, 2.24) is 25.2 Å². The predicted octanol–water partition coefficient (Wildman–Crippen LogP) is 1.44. The number of pyridine rings is 1. The Morgan fingerprint density at radius 1 is 1.06 bits per heavy atom. The molecule has 2 heterocycles. The summed E-state index contributed by atoms with van der Waals surface area (Å²) in [6, 6.07) is 12.2.